The zero-order chi connectivity index (χ0) is 15.6. The Morgan fingerprint density at radius 2 is 1.71 bits per heavy atom. The fourth-order valence-electron chi connectivity index (χ4n) is 4.26. The van der Waals surface area contributed by atoms with E-state index in [1.807, 2.05) is 13.8 Å². The van der Waals surface area contributed by atoms with E-state index in [9.17, 15) is 4.79 Å². The summed E-state index contributed by atoms with van der Waals surface area (Å²) in [6.07, 6.45) is 9.14. The molecule has 0 heterocycles. The molecule has 2 rings (SSSR count). The summed E-state index contributed by atoms with van der Waals surface area (Å²) in [5.74, 6) is 2.79. The summed E-state index contributed by atoms with van der Waals surface area (Å²) in [7, 11) is 0. The van der Waals surface area contributed by atoms with E-state index in [0.717, 1.165) is 18.3 Å². The Morgan fingerprint density at radius 3 is 2.19 bits per heavy atom. The van der Waals surface area contributed by atoms with E-state index >= 15 is 0 Å². The third kappa shape index (κ3) is 4.02. The van der Waals surface area contributed by atoms with Gasteiger partial charge in [0, 0.05) is 0 Å². The van der Waals surface area contributed by atoms with Crippen LogP contribution in [0.4, 0.5) is 0 Å². The summed E-state index contributed by atoms with van der Waals surface area (Å²) < 4.78 is 6.03. The van der Waals surface area contributed by atoms with Crippen molar-refractivity contribution < 1.29 is 9.53 Å². The highest BCUT2D eigenvalue weighted by Crippen LogP contribution is 2.45. The van der Waals surface area contributed by atoms with Gasteiger partial charge in [-0.15, -0.1) is 0 Å². The molecule has 0 aromatic heterocycles. The van der Waals surface area contributed by atoms with E-state index in [1.54, 1.807) is 0 Å². The van der Waals surface area contributed by atoms with Crippen LogP contribution in [0.15, 0.2) is 0 Å². The maximum atomic E-state index is 12.5. The lowest BCUT2D eigenvalue weighted by atomic mass is 9.65. The number of carbonyl (C=O) groups is 1. The van der Waals surface area contributed by atoms with Crippen LogP contribution in [-0.4, -0.2) is 12.1 Å². The Morgan fingerprint density at radius 1 is 1.14 bits per heavy atom. The highest BCUT2D eigenvalue weighted by molar-refractivity contribution is 5.76. The smallest absolute Gasteiger partial charge is 0.311 e. The number of ether oxygens (including phenoxy) is 1. The molecule has 0 saturated heterocycles. The first-order valence-corrected chi connectivity index (χ1v) is 9.04. The molecule has 21 heavy (non-hydrogen) atoms. The molecular weight excluding hydrogens is 260 g/mol. The Balaban J connectivity index is 2.03. The number of hydrogen-bond acceptors (Lipinski definition) is 2. The van der Waals surface area contributed by atoms with Crippen LogP contribution < -0.4 is 0 Å². The van der Waals surface area contributed by atoms with Crippen molar-refractivity contribution in [1.82, 2.24) is 0 Å². The first-order valence-electron chi connectivity index (χ1n) is 9.04. The summed E-state index contributed by atoms with van der Waals surface area (Å²) in [6.45, 7) is 10.5. The minimum atomic E-state index is -0.350. The molecule has 0 amide bonds. The van der Waals surface area contributed by atoms with E-state index in [4.69, 9.17) is 4.74 Å². The molecule has 0 spiro atoms. The van der Waals surface area contributed by atoms with Crippen molar-refractivity contribution in [3.8, 4) is 0 Å². The van der Waals surface area contributed by atoms with Gasteiger partial charge >= 0.3 is 5.97 Å². The zero-order valence-electron chi connectivity index (χ0n) is 14.7. The van der Waals surface area contributed by atoms with Gasteiger partial charge in [0.1, 0.15) is 6.10 Å². The molecule has 2 heteroatoms. The minimum Gasteiger partial charge on any atom is -0.461 e. The SMILES string of the molecule is CCC(C)(C)C(=O)OC(C(C)C)C1CC2CCCC(C2)C1. The highest BCUT2D eigenvalue weighted by atomic mass is 16.5. The topological polar surface area (TPSA) is 26.3 Å². The molecule has 0 N–H and O–H groups in total. The lowest BCUT2D eigenvalue weighted by Crippen LogP contribution is -2.41. The van der Waals surface area contributed by atoms with Crippen LogP contribution in [0.3, 0.4) is 0 Å². The Kier molecular flexibility index (Phi) is 5.38. The van der Waals surface area contributed by atoms with Gasteiger partial charge in [0.05, 0.1) is 5.41 Å². The van der Waals surface area contributed by atoms with Crippen molar-refractivity contribution in [2.45, 2.75) is 85.7 Å². The van der Waals surface area contributed by atoms with Crippen molar-refractivity contribution in [2.24, 2.45) is 29.1 Å². The van der Waals surface area contributed by atoms with Gasteiger partial charge in [-0.25, -0.2) is 0 Å². The lowest BCUT2D eigenvalue weighted by Gasteiger charge is -2.43. The standard InChI is InChI=1S/C19H34O2/c1-6-19(4,5)18(20)21-17(13(2)3)16-11-14-8-7-9-15(10-14)12-16/h13-17H,6-12H2,1-5H3. The molecule has 0 aromatic rings. The molecule has 2 aliphatic carbocycles. The minimum absolute atomic E-state index is 0.000525. The van der Waals surface area contributed by atoms with Crippen LogP contribution >= 0.6 is 0 Å². The Hall–Kier alpha value is -0.530. The summed E-state index contributed by atoms with van der Waals surface area (Å²) in [6, 6.07) is 0. The maximum Gasteiger partial charge on any atom is 0.311 e. The molecule has 0 aliphatic heterocycles. The summed E-state index contributed by atoms with van der Waals surface area (Å²) in [4.78, 5) is 12.5. The molecule has 2 saturated carbocycles. The average Bonchev–Trinajstić information content (AvgIpc) is 2.43. The highest BCUT2D eigenvalue weighted by Gasteiger charge is 2.39. The van der Waals surface area contributed by atoms with Gasteiger partial charge in [-0.1, -0.05) is 40.0 Å². The third-order valence-corrected chi connectivity index (χ3v) is 5.96. The molecule has 2 aliphatic rings. The van der Waals surface area contributed by atoms with Crippen LogP contribution in [-0.2, 0) is 9.53 Å². The van der Waals surface area contributed by atoms with E-state index < -0.39 is 0 Å². The van der Waals surface area contributed by atoms with Gasteiger partial charge in [-0.3, -0.25) is 4.79 Å². The van der Waals surface area contributed by atoms with Gasteiger partial charge in [-0.05, 0) is 63.2 Å². The molecule has 0 radical (unpaired) electrons. The first kappa shape index (κ1) is 16.8. The van der Waals surface area contributed by atoms with Gasteiger partial charge < -0.3 is 4.74 Å². The van der Waals surface area contributed by atoms with E-state index in [2.05, 4.69) is 20.8 Å². The van der Waals surface area contributed by atoms with Gasteiger partial charge in [0.2, 0.25) is 0 Å². The van der Waals surface area contributed by atoms with Crippen molar-refractivity contribution in [3.63, 3.8) is 0 Å². The lowest BCUT2D eigenvalue weighted by molar-refractivity contribution is -0.167. The van der Waals surface area contributed by atoms with Crippen LogP contribution in [0.2, 0.25) is 0 Å². The number of fused-ring (bicyclic) bond motifs is 2. The molecule has 0 aromatic carbocycles. The van der Waals surface area contributed by atoms with E-state index in [0.29, 0.717) is 11.8 Å². The number of carbonyl (C=O) groups excluding carboxylic acids is 1. The quantitative estimate of drug-likeness (QED) is 0.651. The Bertz CT molecular complexity index is 347. The normalized spacial score (nSPS) is 31.0. The van der Waals surface area contributed by atoms with Gasteiger partial charge in [0.15, 0.2) is 0 Å². The molecule has 3 atom stereocenters. The van der Waals surface area contributed by atoms with Crippen molar-refractivity contribution in [3.05, 3.63) is 0 Å². The monoisotopic (exact) mass is 294 g/mol. The fraction of sp³-hybridized carbons (Fsp3) is 0.947. The summed E-state index contributed by atoms with van der Waals surface area (Å²) >= 11 is 0. The average molecular weight is 294 g/mol. The summed E-state index contributed by atoms with van der Waals surface area (Å²) in [5, 5.41) is 0. The molecule has 122 valence electrons. The van der Waals surface area contributed by atoms with Crippen molar-refractivity contribution in [1.29, 1.82) is 0 Å². The molecule has 2 nitrogen and oxygen atoms in total. The Labute approximate surface area is 131 Å². The van der Waals surface area contributed by atoms with Crippen molar-refractivity contribution in [2.75, 3.05) is 0 Å². The van der Waals surface area contributed by atoms with Gasteiger partial charge in [0.25, 0.3) is 0 Å². The number of esters is 1. The second-order valence-corrected chi connectivity index (χ2v) is 8.48. The summed E-state index contributed by atoms with van der Waals surface area (Å²) in [5.41, 5.74) is -0.350. The zero-order valence-corrected chi connectivity index (χ0v) is 14.7. The van der Waals surface area contributed by atoms with Crippen LogP contribution in [0, 0.1) is 29.1 Å². The predicted molar refractivity (Wildman–Crippen MR) is 87.0 cm³/mol. The van der Waals surface area contributed by atoms with Crippen LogP contribution in [0.1, 0.15) is 79.6 Å². The molecule has 2 bridgehead atoms. The van der Waals surface area contributed by atoms with E-state index in [-0.39, 0.29) is 17.5 Å². The van der Waals surface area contributed by atoms with Crippen LogP contribution in [0.5, 0.6) is 0 Å². The number of hydrogen-bond donors (Lipinski definition) is 0. The predicted octanol–water partition coefficient (Wildman–Crippen LogP) is 5.21. The molecular formula is C19H34O2. The first-order chi connectivity index (χ1) is 9.83. The molecule has 3 unspecified atom stereocenters. The van der Waals surface area contributed by atoms with Crippen molar-refractivity contribution >= 4 is 5.97 Å². The second kappa shape index (κ2) is 6.71. The fourth-order valence-corrected chi connectivity index (χ4v) is 4.26. The molecule has 2 fully saturated rings. The largest absolute Gasteiger partial charge is 0.461 e. The third-order valence-electron chi connectivity index (χ3n) is 5.96. The number of rotatable bonds is 5. The second-order valence-electron chi connectivity index (χ2n) is 8.48. The van der Waals surface area contributed by atoms with Crippen LogP contribution in [0.25, 0.3) is 0 Å². The van der Waals surface area contributed by atoms with E-state index in [1.165, 1.54) is 38.5 Å². The van der Waals surface area contributed by atoms with Gasteiger partial charge in [-0.2, -0.15) is 0 Å². The maximum absolute atomic E-state index is 12.5.